The number of halogens is 1. The van der Waals surface area contributed by atoms with Crippen LogP contribution in [0.25, 0.3) is 0 Å². The van der Waals surface area contributed by atoms with E-state index in [-0.39, 0.29) is 24.0 Å². The first-order valence-corrected chi connectivity index (χ1v) is 11.3. The van der Waals surface area contributed by atoms with E-state index in [1.807, 2.05) is 18.4 Å². The number of guanidine groups is 1. The third-order valence-electron chi connectivity index (χ3n) is 4.48. The Morgan fingerprint density at radius 1 is 1.13 bits per heavy atom. The van der Waals surface area contributed by atoms with Crippen molar-refractivity contribution in [3.63, 3.8) is 0 Å². The molecule has 0 unspecified atom stereocenters. The first-order valence-electron chi connectivity index (χ1n) is 10.1. The molecule has 0 amide bonds. The summed E-state index contributed by atoms with van der Waals surface area (Å²) in [5, 5.41) is 16.4. The van der Waals surface area contributed by atoms with Crippen LogP contribution in [0.1, 0.15) is 31.7 Å². The van der Waals surface area contributed by atoms with Crippen molar-refractivity contribution in [1.82, 2.24) is 25.4 Å². The number of benzene rings is 1. The lowest BCUT2D eigenvalue weighted by Gasteiger charge is -2.13. The van der Waals surface area contributed by atoms with Gasteiger partial charge in [-0.1, -0.05) is 37.7 Å². The van der Waals surface area contributed by atoms with E-state index < -0.39 is 0 Å². The van der Waals surface area contributed by atoms with Crippen molar-refractivity contribution in [2.45, 2.75) is 44.8 Å². The number of aromatic nitrogens is 3. The maximum atomic E-state index is 5.19. The fourth-order valence-corrected chi connectivity index (χ4v) is 3.52. The molecule has 0 radical (unpaired) electrons. The van der Waals surface area contributed by atoms with E-state index in [0.29, 0.717) is 5.92 Å². The fourth-order valence-electron chi connectivity index (χ4n) is 2.99. The Labute approximate surface area is 201 Å². The molecule has 0 saturated heterocycles. The molecule has 1 aromatic heterocycles. The highest BCUT2D eigenvalue weighted by atomic mass is 127. The summed E-state index contributed by atoms with van der Waals surface area (Å²) in [5.74, 6) is 3.34. The molecule has 30 heavy (non-hydrogen) atoms. The molecule has 2 N–H and O–H groups in total. The van der Waals surface area contributed by atoms with Crippen molar-refractivity contribution in [2.75, 3.05) is 33.5 Å². The van der Waals surface area contributed by atoms with Crippen molar-refractivity contribution < 1.29 is 4.74 Å². The van der Waals surface area contributed by atoms with Gasteiger partial charge in [0, 0.05) is 33.1 Å². The molecule has 2 aromatic rings. The quantitative estimate of drug-likeness (QED) is 0.148. The molecule has 0 fully saturated rings. The highest BCUT2D eigenvalue weighted by molar-refractivity contribution is 14.0. The smallest absolute Gasteiger partial charge is 0.190 e. The van der Waals surface area contributed by atoms with Gasteiger partial charge >= 0.3 is 0 Å². The van der Waals surface area contributed by atoms with Gasteiger partial charge < -0.3 is 19.9 Å². The van der Waals surface area contributed by atoms with Gasteiger partial charge in [-0.05, 0) is 42.7 Å². The van der Waals surface area contributed by atoms with Gasteiger partial charge in [0.15, 0.2) is 11.1 Å². The first-order chi connectivity index (χ1) is 14.1. The van der Waals surface area contributed by atoms with E-state index in [1.165, 1.54) is 5.56 Å². The second-order valence-corrected chi connectivity index (χ2v) is 8.01. The zero-order valence-corrected chi connectivity index (χ0v) is 21.8. The minimum atomic E-state index is 0. The van der Waals surface area contributed by atoms with Gasteiger partial charge in [-0.2, -0.15) is 0 Å². The lowest BCUT2D eigenvalue weighted by Crippen LogP contribution is -2.38. The lowest BCUT2D eigenvalue weighted by atomic mass is 10.1. The van der Waals surface area contributed by atoms with E-state index >= 15 is 0 Å². The number of hydrogen-bond acceptors (Lipinski definition) is 5. The molecule has 9 heteroatoms. The standard InChI is InChI=1S/C21H34N6OS.HI/c1-16(2)15-27-19(25-26-21(27)29-5)7-6-13-23-20(22-3)24-14-12-17-8-10-18(28-4)11-9-17;/h8-11,16H,6-7,12-15H2,1-5H3,(H2,22,23,24);1H. The van der Waals surface area contributed by atoms with Crippen molar-refractivity contribution in [1.29, 1.82) is 0 Å². The Morgan fingerprint density at radius 3 is 2.43 bits per heavy atom. The van der Waals surface area contributed by atoms with Gasteiger partial charge in [0.2, 0.25) is 0 Å². The van der Waals surface area contributed by atoms with Gasteiger partial charge in [0.1, 0.15) is 11.6 Å². The molecule has 2 rings (SSSR count). The van der Waals surface area contributed by atoms with Gasteiger partial charge in [0.05, 0.1) is 7.11 Å². The third kappa shape index (κ3) is 8.71. The van der Waals surface area contributed by atoms with E-state index in [1.54, 1.807) is 25.9 Å². The van der Waals surface area contributed by atoms with E-state index in [4.69, 9.17) is 4.74 Å². The molecule has 0 spiro atoms. The summed E-state index contributed by atoms with van der Waals surface area (Å²) in [7, 11) is 3.48. The lowest BCUT2D eigenvalue weighted by molar-refractivity contribution is 0.414. The molecule has 0 atom stereocenters. The summed E-state index contributed by atoms with van der Waals surface area (Å²) >= 11 is 1.65. The minimum Gasteiger partial charge on any atom is -0.497 e. The third-order valence-corrected chi connectivity index (χ3v) is 5.15. The van der Waals surface area contributed by atoms with E-state index in [2.05, 4.69) is 56.4 Å². The molecular formula is C21H35IN6OS. The Morgan fingerprint density at radius 2 is 1.83 bits per heavy atom. The van der Waals surface area contributed by atoms with Crippen LogP contribution in [0, 0.1) is 5.92 Å². The molecule has 1 aromatic carbocycles. The Kier molecular flexibility index (Phi) is 12.8. The predicted molar refractivity (Wildman–Crippen MR) is 136 cm³/mol. The van der Waals surface area contributed by atoms with Crippen molar-refractivity contribution >= 4 is 41.7 Å². The summed E-state index contributed by atoms with van der Waals surface area (Å²) in [5.41, 5.74) is 1.27. The van der Waals surface area contributed by atoms with E-state index in [0.717, 1.165) is 61.6 Å². The topological polar surface area (TPSA) is 76.4 Å². The zero-order chi connectivity index (χ0) is 21.1. The number of ether oxygens (including phenoxy) is 1. The van der Waals surface area contributed by atoms with Gasteiger partial charge in [-0.15, -0.1) is 34.2 Å². The summed E-state index contributed by atoms with van der Waals surface area (Å²) < 4.78 is 7.44. The number of thioether (sulfide) groups is 1. The highest BCUT2D eigenvalue weighted by Crippen LogP contribution is 2.16. The number of rotatable bonds is 11. The van der Waals surface area contributed by atoms with Crippen LogP contribution in [0.15, 0.2) is 34.4 Å². The molecule has 0 aliphatic heterocycles. The number of nitrogens with zero attached hydrogens (tertiary/aromatic N) is 4. The van der Waals surface area contributed by atoms with Gasteiger partial charge in [0.25, 0.3) is 0 Å². The van der Waals surface area contributed by atoms with Crippen LogP contribution in [-0.2, 0) is 19.4 Å². The Hall–Kier alpha value is -1.49. The molecule has 1 heterocycles. The average molecular weight is 547 g/mol. The van der Waals surface area contributed by atoms with Gasteiger partial charge in [-0.3, -0.25) is 4.99 Å². The minimum absolute atomic E-state index is 0. The number of nitrogens with one attached hydrogen (secondary N) is 2. The van der Waals surface area contributed by atoms with Crippen LogP contribution in [0.2, 0.25) is 0 Å². The van der Waals surface area contributed by atoms with Crippen molar-refractivity contribution in [3.8, 4) is 5.75 Å². The largest absolute Gasteiger partial charge is 0.497 e. The molecule has 0 bridgehead atoms. The summed E-state index contributed by atoms with van der Waals surface area (Å²) in [6.45, 7) is 7.06. The van der Waals surface area contributed by atoms with Crippen LogP contribution in [0.4, 0.5) is 0 Å². The maximum absolute atomic E-state index is 5.19. The second-order valence-electron chi connectivity index (χ2n) is 7.23. The monoisotopic (exact) mass is 546 g/mol. The second kappa shape index (κ2) is 14.5. The van der Waals surface area contributed by atoms with Crippen LogP contribution < -0.4 is 15.4 Å². The number of aryl methyl sites for hydroxylation is 1. The van der Waals surface area contributed by atoms with Crippen LogP contribution in [-0.4, -0.2) is 54.2 Å². The summed E-state index contributed by atoms with van der Waals surface area (Å²) in [4.78, 5) is 4.30. The predicted octanol–water partition coefficient (Wildman–Crippen LogP) is 3.62. The maximum Gasteiger partial charge on any atom is 0.190 e. The first kappa shape index (κ1) is 26.5. The van der Waals surface area contributed by atoms with Crippen molar-refractivity contribution in [3.05, 3.63) is 35.7 Å². The number of aliphatic imine (C=N–C) groups is 1. The van der Waals surface area contributed by atoms with E-state index in [9.17, 15) is 0 Å². The number of methoxy groups -OCH3 is 1. The Bertz CT molecular complexity index is 763. The average Bonchev–Trinajstić information content (AvgIpc) is 3.11. The Balaban J connectivity index is 0.00000450. The SMILES string of the molecule is CN=C(NCCCc1nnc(SC)n1CC(C)C)NCCc1ccc(OC)cc1.I. The van der Waals surface area contributed by atoms with Crippen molar-refractivity contribution in [2.24, 2.45) is 10.9 Å². The molecule has 0 aliphatic rings. The summed E-state index contributed by atoms with van der Waals surface area (Å²) in [6, 6.07) is 8.16. The zero-order valence-electron chi connectivity index (χ0n) is 18.6. The van der Waals surface area contributed by atoms with Gasteiger partial charge in [-0.25, -0.2) is 0 Å². The molecule has 7 nitrogen and oxygen atoms in total. The molecule has 0 aliphatic carbocycles. The van der Waals surface area contributed by atoms with Crippen LogP contribution >= 0.6 is 35.7 Å². The fraction of sp³-hybridized carbons (Fsp3) is 0.571. The van der Waals surface area contributed by atoms with Crippen LogP contribution in [0.5, 0.6) is 5.75 Å². The normalized spacial score (nSPS) is 11.3. The molecule has 168 valence electrons. The molecular weight excluding hydrogens is 511 g/mol. The molecule has 0 saturated carbocycles. The highest BCUT2D eigenvalue weighted by Gasteiger charge is 2.12. The van der Waals surface area contributed by atoms with Crippen LogP contribution in [0.3, 0.4) is 0 Å². The summed E-state index contributed by atoms with van der Waals surface area (Å²) in [6.07, 6.45) is 4.86. The number of hydrogen-bond donors (Lipinski definition) is 2.